The van der Waals surface area contributed by atoms with Crippen LogP contribution in [0.3, 0.4) is 0 Å². The zero-order chi connectivity index (χ0) is 15.9. The van der Waals surface area contributed by atoms with Crippen molar-refractivity contribution in [2.45, 2.75) is 52.9 Å². The van der Waals surface area contributed by atoms with Gasteiger partial charge in [-0.3, -0.25) is 0 Å². The molecule has 0 aromatic heterocycles. The third-order valence-electron chi connectivity index (χ3n) is 4.00. The minimum Gasteiger partial charge on any atom is -0.383 e. The summed E-state index contributed by atoms with van der Waals surface area (Å²) in [5, 5.41) is 3.47. The molecule has 0 heterocycles. The highest BCUT2D eigenvalue weighted by atomic mass is 16.5. The van der Waals surface area contributed by atoms with Crippen molar-refractivity contribution < 1.29 is 4.74 Å². The number of hydrogen-bond acceptors (Lipinski definition) is 2. The first-order chi connectivity index (χ1) is 9.74. The zero-order valence-corrected chi connectivity index (χ0v) is 14.8. The summed E-state index contributed by atoms with van der Waals surface area (Å²) in [6.07, 6.45) is 2.34. The van der Waals surface area contributed by atoms with Crippen LogP contribution in [-0.2, 0) is 16.6 Å². The van der Waals surface area contributed by atoms with Crippen LogP contribution in [0.25, 0.3) is 0 Å². The van der Waals surface area contributed by atoms with Gasteiger partial charge >= 0.3 is 0 Å². The number of hydrogen-bond donors (Lipinski definition) is 1. The predicted molar refractivity (Wildman–Crippen MR) is 92.0 cm³/mol. The molecule has 0 unspecified atom stereocenters. The Bertz CT molecular complexity index is 401. The van der Waals surface area contributed by atoms with Crippen LogP contribution in [0.4, 0.5) is 0 Å². The first-order valence-electron chi connectivity index (χ1n) is 8.04. The molecule has 2 nitrogen and oxygen atoms in total. The normalized spacial score (nSPS) is 12.7. The summed E-state index contributed by atoms with van der Waals surface area (Å²) in [6, 6.07) is 9.13. The molecule has 1 N–H and O–H groups in total. The van der Waals surface area contributed by atoms with Gasteiger partial charge < -0.3 is 10.1 Å². The second-order valence-electron chi connectivity index (χ2n) is 7.78. The Morgan fingerprint density at radius 2 is 1.62 bits per heavy atom. The van der Waals surface area contributed by atoms with Gasteiger partial charge in [0.25, 0.3) is 0 Å². The Kier molecular flexibility index (Phi) is 6.89. The highest BCUT2D eigenvalue weighted by Gasteiger charge is 2.17. The van der Waals surface area contributed by atoms with Crippen LogP contribution >= 0.6 is 0 Å². The van der Waals surface area contributed by atoms with Gasteiger partial charge in [0.2, 0.25) is 0 Å². The van der Waals surface area contributed by atoms with E-state index in [0.717, 1.165) is 26.1 Å². The Morgan fingerprint density at radius 1 is 1.00 bits per heavy atom. The fourth-order valence-electron chi connectivity index (χ4n) is 2.34. The van der Waals surface area contributed by atoms with Gasteiger partial charge in [-0.05, 0) is 34.8 Å². The first kappa shape index (κ1) is 18.2. The summed E-state index contributed by atoms with van der Waals surface area (Å²) >= 11 is 0. The molecule has 0 aliphatic carbocycles. The lowest BCUT2D eigenvalue weighted by molar-refractivity contribution is 0.193. The fraction of sp³-hybridized carbons (Fsp3) is 0.684. The maximum Gasteiger partial charge on any atom is 0.0587 e. The van der Waals surface area contributed by atoms with Crippen LogP contribution in [-0.4, -0.2) is 26.8 Å². The van der Waals surface area contributed by atoms with E-state index in [4.69, 9.17) is 4.74 Å². The van der Waals surface area contributed by atoms with Gasteiger partial charge in [0.15, 0.2) is 0 Å². The van der Waals surface area contributed by atoms with E-state index >= 15 is 0 Å². The van der Waals surface area contributed by atoms with Crippen LogP contribution < -0.4 is 5.32 Å². The highest BCUT2D eigenvalue weighted by Crippen LogP contribution is 2.25. The molecule has 0 amide bonds. The summed E-state index contributed by atoms with van der Waals surface area (Å²) in [6.45, 7) is 14.2. The molecule has 0 saturated heterocycles. The van der Waals surface area contributed by atoms with Crippen molar-refractivity contribution >= 4 is 0 Å². The van der Waals surface area contributed by atoms with Gasteiger partial charge in [-0.1, -0.05) is 58.9 Å². The maximum atomic E-state index is 5.06. The maximum absolute atomic E-state index is 5.06. The van der Waals surface area contributed by atoms with Gasteiger partial charge in [0, 0.05) is 20.2 Å². The lowest BCUT2D eigenvalue weighted by Gasteiger charge is -2.25. The highest BCUT2D eigenvalue weighted by molar-refractivity contribution is 5.27. The van der Waals surface area contributed by atoms with Crippen LogP contribution in [0.1, 0.15) is 52.2 Å². The summed E-state index contributed by atoms with van der Waals surface area (Å²) in [4.78, 5) is 0. The molecule has 120 valence electrons. The Labute approximate surface area is 131 Å². The summed E-state index contributed by atoms with van der Waals surface area (Å²) < 4.78 is 5.06. The quantitative estimate of drug-likeness (QED) is 0.726. The molecule has 0 fully saturated rings. The van der Waals surface area contributed by atoms with Crippen LogP contribution in [0.15, 0.2) is 24.3 Å². The van der Waals surface area contributed by atoms with Crippen molar-refractivity contribution in [3.8, 4) is 0 Å². The van der Waals surface area contributed by atoms with E-state index < -0.39 is 0 Å². The summed E-state index contributed by atoms with van der Waals surface area (Å²) in [5.41, 5.74) is 3.40. The first-order valence-corrected chi connectivity index (χ1v) is 8.04. The van der Waals surface area contributed by atoms with E-state index in [1.807, 2.05) is 0 Å². The molecule has 1 rings (SSSR count). The second-order valence-corrected chi connectivity index (χ2v) is 7.78. The van der Waals surface area contributed by atoms with Crippen LogP contribution in [0, 0.1) is 5.41 Å². The number of rotatable bonds is 8. The lowest BCUT2D eigenvalue weighted by atomic mass is 9.84. The van der Waals surface area contributed by atoms with E-state index in [9.17, 15) is 0 Å². The number of nitrogens with one attached hydrogen (secondary N) is 1. The molecule has 1 aromatic rings. The standard InChI is InChI=1S/C19H33NO/c1-18(2,3)17-9-7-16(8-10-17)11-12-19(4,5)15-20-13-14-21-6/h7-10,20H,11-15H2,1-6H3. The minimum absolute atomic E-state index is 0.239. The summed E-state index contributed by atoms with van der Waals surface area (Å²) in [7, 11) is 1.74. The topological polar surface area (TPSA) is 21.3 Å². The smallest absolute Gasteiger partial charge is 0.0587 e. The predicted octanol–water partition coefficient (Wildman–Crippen LogP) is 4.18. The van der Waals surface area contributed by atoms with Crippen LogP contribution in [0.5, 0.6) is 0 Å². The third kappa shape index (κ3) is 7.10. The molecule has 0 spiro atoms. The molecule has 0 saturated carbocycles. The fourth-order valence-corrected chi connectivity index (χ4v) is 2.34. The van der Waals surface area contributed by atoms with E-state index in [2.05, 4.69) is 64.2 Å². The molecule has 1 aromatic carbocycles. The number of aryl methyl sites for hydroxylation is 1. The number of ether oxygens (including phenoxy) is 1. The van der Waals surface area contributed by atoms with Crippen molar-refractivity contribution in [1.82, 2.24) is 5.32 Å². The number of benzene rings is 1. The lowest BCUT2D eigenvalue weighted by Crippen LogP contribution is -2.31. The average Bonchev–Trinajstić information content (AvgIpc) is 2.41. The average molecular weight is 291 g/mol. The van der Waals surface area contributed by atoms with Crippen molar-refractivity contribution in [1.29, 1.82) is 0 Å². The molecular weight excluding hydrogens is 258 g/mol. The zero-order valence-electron chi connectivity index (χ0n) is 14.8. The van der Waals surface area contributed by atoms with E-state index in [-0.39, 0.29) is 5.41 Å². The largest absolute Gasteiger partial charge is 0.383 e. The second kappa shape index (κ2) is 7.95. The molecular formula is C19H33NO. The van der Waals surface area contributed by atoms with E-state index in [1.54, 1.807) is 7.11 Å². The van der Waals surface area contributed by atoms with E-state index in [1.165, 1.54) is 17.5 Å². The Morgan fingerprint density at radius 3 is 2.14 bits per heavy atom. The van der Waals surface area contributed by atoms with Gasteiger partial charge in [-0.15, -0.1) is 0 Å². The van der Waals surface area contributed by atoms with Gasteiger partial charge in [0.05, 0.1) is 6.61 Å². The molecule has 0 atom stereocenters. The van der Waals surface area contributed by atoms with Gasteiger partial charge in [-0.2, -0.15) is 0 Å². The SMILES string of the molecule is COCCNCC(C)(C)CCc1ccc(C(C)(C)C)cc1. The molecule has 0 aliphatic rings. The Balaban J connectivity index is 2.43. The monoisotopic (exact) mass is 291 g/mol. The van der Waals surface area contributed by atoms with Crippen molar-refractivity contribution in [3.05, 3.63) is 35.4 Å². The third-order valence-corrected chi connectivity index (χ3v) is 4.00. The van der Waals surface area contributed by atoms with E-state index in [0.29, 0.717) is 5.41 Å². The van der Waals surface area contributed by atoms with Gasteiger partial charge in [0.1, 0.15) is 0 Å². The molecule has 0 radical (unpaired) electrons. The molecule has 2 heteroatoms. The molecule has 21 heavy (non-hydrogen) atoms. The number of methoxy groups -OCH3 is 1. The van der Waals surface area contributed by atoms with Crippen molar-refractivity contribution in [3.63, 3.8) is 0 Å². The van der Waals surface area contributed by atoms with Gasteiger partial charge in [-0.25, -0.2) is 0 Å². The molecule has 0 aliphatic heterocycles. The molecule has 0 bridgehead atoms. The van der Waals surface area contributed by atoms with Crippen molar-refractivity contribution in [2.75, 3.05) is 26.8 Å². The summed E-state index contributed by atoms with van der Waals surface area (Å²) in [5.74, 6) is 0. The van der Waals surface area contributed by atoms with Crippen molar-refractivity contribution in [2.24, 2.45) is 5.41 Å². The minimum atomic E-state index is 0.239. The Hall–Kier alpha value is -0.860. The van der Waals surface area contributed by atoms with Crippen LogP contribution in [0.2, 0.25) is 0 Å².